The third-order valence-corrected chi connectivity index (χ3v) is 4.28. The van der Waals surface area contributed by atoms with E-state index in [1.807, 2.05) is 48.5 Å². The van der Waals surface area contributed by atoms with Crippen LogP contribution < -0.4 is 15.4 Å². The Morgan fingerprint density at radius 3 is 2.26 bits per heavy atom. The van der Waals surface area contributed by atoms with Crippen LogP contribution in [0.4, 0.5) is 11.5 Å². The van der Waals surface area contributed by atoms with Crippen molar-refractivity contribution < 1.29 is 9.53 Å². The van der Waals surface area contributed by atoms with Crippen LogP contribution in [0.3, 0.4) is 0 Å². The van der Waals surface area contributed by atoms with Crippen LogP contribution in [0.15, 0.2) is 66.9 Å². The highest BCUT2D eigenvalue weighted by molar-refractivity contribution is 6.04. The molecule has 0 bridgehead atoms. The van der Waals surface area contributed by atoms with Crippen LogP contribution in [0.25, 0.3) is 0 Å². The van der Waals surface area contributed by atoms with Gasteiger partial charge in [0, 0.05) is 18.4 Å². The highest BCUT2D eigenvalue weighted by Crippen LogP contribution is 2.14. The molecule has 0 saturated carbocycles. The maximum atomic E-state index is 12.3. The number of nitrogens with one attached hydrogen (secondary N) is 2. The zero-order valence-electron chi connectivity index (χ0n) is 15.5. The summed E-state index contributed by atoms with van der Waals surface area (Å²) >= 11 is 0. The van der Waals surface area contributed by atoms with Crippen molar-refractivity contribution in [3.05, 3.63) is 83.6 Å². The summed E-state index contributed by atoms with van der Waals surface area (Å²) in [6.45, 7) is 2.75. The fourth-order valence-electron chi connectivity index (χ4n) is 2.60. The fourth-order valence-corrected chi connectivity index (χ4v) is 2.60. The molecule has 3 aromatic rings. The Morgan fingerprint density at radius 2 is 1.67 bits per heavy atom. The number of pyridine rings is 1. The second kappa shape index (κ2) is 8.85. The first kappa shape index (κ1) is 18.5. The van der Waals surface area contributed by atoms with Crippen LogP contribution in [-0.2, 0) is 13.0 Å². The molecule has 1 amide bonds. The van der Waals surface area contributed by atoms with Crippen molar-refractivity contribution in [1.29, 1.82) is 0 Å². The van der Waals surface area contributed by atoms with E-state index in [0.29, 0.717) is 12.1 Å². The second-order valence-electron chi connectivity index (χ2n) is 6.14. The number of carbonyl (C=O) groups excluding carboxylic acids is 1. The molecule has 0 saturated heterocycles. The molecule has 1 aromatic heterocycles. The molecule has 5 nitrogen and oxygen atoms in total. The highest BCUT2D eigenvalue weighted by atomic mass is 16.5. The van der Waals surface area contributed by atoms with Gasteiger partial charge in [-0.1, -0.05) is 31.2 Å². The van der Waals surface area contributed by atoms with Crippen LogP contribution in [0, 0.1) is 0 Å². The first-order valence-electron chi connectivity index (χ1n) is 8.91. The predicted molar refractivity (Wildman–Crippen MR) is 108 cm³/mol. The third-order valence-electron chi connectivity index (χ3n) is 4.28. The number of ether oxygens (including phenoxy) is 1. The molecule has 5 heteroatoms. The molecule has 0 fully saturated rings. The van der Waals surface area contributed by atoms with E-state index >= 15 is 0 Å². The number of aromatic nitrogens is 1. The Hall–Kier alpha value is -3.34. The molecule has 0 aliphatic rings. The number of carbonyl (C=O) groups is 1. The minimum Gasteiger partial charge on any atom is -0.497 e. The second-order valence-corrected chi connectivity index (χ2v) is 6.14. The van der Waals surface area contributed by atoms with Gasteiger partial charge in [-0.05, 0) is 53.9 Å². The van der Waals surface area contributed by atoms with Crippen molar-refractivity contribution in [2.45, 2.75) is 19.9 Å². The Labute approximate surface area is 159 Å². The van der Waals surface area contributed by atoms with Gasteiger partial charge in [0.25, 0.3) is 5.91 Å². The summed E-state index contributed by atoms with van der Waals surface area (Å²) in [5.74, 6) is 1.37. The number of amides is 1. The molecular weight excluding hydrogens is 338 g/mol. The minimum absolute atomic E-state index is 0.173. The smallest absolute Gasteiger partial charge is 0.257 e. The van der Waals surface area contributed by atoms with Gasteiger partial charge in [-0.15, -0.1) is 0 Å². The largest absolute Gasteiger partial charge is 0.497 e. The van der Waals surface area contributed by atoms with Crippen molar-refractivity contribution in [2.75, 3.05) is 17.7 Å². The SMILES string of the molecule is CCc1ccc(NC(=O)c2ccc(NCc3ccc(OC)cc3)nc2)cc1. The van der Waals surface area contributed by atoms with Crippen molar-refractivity contribution in [3.63, 3.8) is 0 Å². The number of methoxy groups -OCH3 is 1. The number of anilines is 2. The molecule has 27 heavy (non-hydrogen) atoms. The molecule has 2 N–H and O–H groups in total. The lowest BCUT2D eigenvalue weighted by Gasteiger charge is -2.08. The molecule has 2 aromatic carbocycles. The van der Waals surface area contributed by atoms with Crippen LogP contribution in [0.2, 0.25) is 0 Å². The lowest BCUT2D eigenvalue weighted by Crippen LogP contribution is -2.12. The van der Waals surface area contributed by atoms with Gasteiger partial charge in [-0.25, -0.2) is 4.98 Å². The van der Waals surface area contributed by atoms with Crippen molar-refractivity contribution in [2.24, 2.45) is 0 Å². The lowest BCUT2D eigenvalue weighted by molar-refractivity contribution is 0.102. The summed E-state index contributed by atoms with van der Waals surface area (Å²) in [5.41, 5.74) is 3.65. The molecule has 0 atom stereocenters. The summed E-state index contributed by atoms with van der Waals surface area (Å²) < 4.78 is 5.15. The molecule has 1 heterocycles. The monoisotopic (exact) mass is 361 g/mol. The first-order valence-corrected chi connectivity index (χ1v) is 8.91. The molecule has 0 unspecified atom stereocenters. The molecule has 3 rings (SSSR count). The van der Waals surface area contributed by atoms with E-state index < -0.39 is 0 Å². The fraction of sp³-hybridized carbons (Fsp3) is 0.182. The summed E-state index contributed by atoms with van der Waals surface area (Å²) in [7, 11) is 1.65. The number of rotatable bonds is 7. The summed E-state index contributed by atoms with van der Waals surface area (Å²) in [5, 5.41) is 6.13. The van der Waals surface area contributed by atoms with Gasteiger partial charge in [-0.3, -0.25) is 4.79 Å². The average Bonchev–Trinajstić information content (AvgIpc) is 2.73. The molecular formula is C22H23N3O2. The minimum atomic E-state index is -0.173. The van der Waals surface area contributed by atoms with Gasteiger partial charge in [-0.2, -0.15) is 0 Å². The van der Waals surface area contributed by atoms with Crippen LogP contribution in [-0.4, -0.2) is 18.0 Å². The molecule has 0 aliphatic heterocycles. The molecule has 138 valence electrons. The van der Waals surface area contributed by atoms with E-state index in [1.54, 1.807) is 25.4 Å². The van der Waals surface area contributed by atoms with Gasteiger partial charge in [0.15, 0.2) is 0 Å². The Bertz CT molecular complexity index is 873. The van der Waals surface area contributed by atoms with E-state index in [9.17, 15) is 4.79 Å². The van der Waals surface area contributed by atoms with Crippen molar-refractivity contribution in [3.8, 4) is 5.75 Å². The van der Waals surface area contributed by atoms with Gasteiger partial charge in [0.1, 0.15) is 11.6 Å². The molecule has 0 spiro atoms. The van der Waals surface area contributed by atoms with Crippen LogP contribution in [0.5, 0.6) is 5.75 Å². The highest BCUT2D eigenvalue weighted by Gasteiger charge is 2.07. The van der Waals surface area contributed by atoms with E-state index in [1.165, 1.54) is 5.56 Å². The number of benzene rings is 2. The van der Waals surface area contributed by atoms with Gasteiger partial charge >= 0.3 is 0 Å². The average molecular weight is 361 g/mol. The van der Waals surface area contributed by atoms with Crippen LogP contribution >= 0.6 is 0 Å². The Morgan fingerprint density at radius 1 is 0.963 bits per heavy atom. The van der Waals surface area contributed by atoms with Crippen LogP contribution in [0.1, 0.15) is 28.4 Å². The topological polar surface area (TPSA) is 63.2 Å². The maximum Gasteiger partial charge on any atom is 0.257 e. The number of aryl methyl sites for hydroxylation is 1. The third kappa shape index (κ3) is 5.07. The lowest BCUT2D eigenvalue weighted by atomic mass is 10.1. The number of hydrogen-bond acceptors (Lipinski definition) is 4. The quantitative estimate of drug-likeness (QED) is 0.650. The number of nitrogens with zero attached hydrogens (tertiary/aromatic N) is 1. The first-order chi connectivity index (χ1) is 13.2. The Kier molecular flexibility index (Phi) is 6.05. The van der Waals surface area contributed by atoms with Gasteiger partial charge in [0.05, 0.1) is 12.7 Å². The summed E-state index contributed by atoms with van der Waals surface area (Å²) in [4.78, 5) is 16.7. The number of hydrogen-bond donors (Lipinski definition) is 2. The van der Waals surface area contributed by atoms with Gasteiger partial charge in [0.2, 0.25) is 0 Å². The molecule has 0 radical (unpaired) electrons. The maximum absolute atomic E-state index is 12.3. The van der Waals surface area contributed by atoms with Crippen molar-refractivity contribution in [1.82, 2.24) is 4.98 Å². The summed E-state index contributed by atoms with van der Waals surface area (Å²) in [6, 6.07) is 19.3. The van der Waals surface area contributed by atoms with Gasteiger partial charge < -0.3 is 15.4 Å². The van der Waals surface area contributed by atoms with E-state index in [-0.39, 0.29) is 5.91 Å². The van der Waals surface area contributed by atoms with E-state index in [4.69, 9.17) is 4.74 Å². The predicted octanol–water partition coefficient (Wildman–Crippen LogP) is 4.52. The zero-order valence-corrected chi connectivity index (χ0v) is 15.5. The Balaban J connectivity index is 1.56. The normalized spacial score (nSPS) is 10.3. The van der Waals surface area contributed by atoms with Crippen molar-refractivity contribution >= 4 is 17.4 Å². The zero-order chi connectivity index (χ0) is 19.1. The summed E-state index contributed by atoms with van der Waals surface area (Å²) in [6.07, 6.45) is 2.55. The van der Waals surface area contributed by atoms with E-state index in [0.717, 1.165) is 29.2 Å². The standard InChI is InChI=1S/C22H23N3O2/c1-3-16-4-9-19(10-5-16)25-22(26)18-8-13-21(24-15-18)23-14-17-6-11-20(27-2)12-7-17/h4-13,15H,3,14H2,1-2H3,(H,23,24)(H,25,26). The molecule has 0 aliphatic carbocycles. The van der Waals surface area contributed by atoms with E-state index in [2.05, 4.69) is 22.5 Å².